The first-order chi connectivity index (χ1) is 8.74. The van der Waals surface area contributed by atoms with E-state index < -0.39 is 0 Å². The number of nitrogens with two attached hydrogens (primary N) is 1. The highest BCUT2D eigenvalue weighted by molar-refractivity contribution is 5.40. The largest absolute Gasteiger partial charge is 0.493 e. The summed E-state index contributed by atoms with van der Waals surface area (Å²) in [7, 11) is 1.74. The van der Waals surface area contributed by atoms with Crippen molar-refractivity contribution >= 4 is 0 Å². The monoisotopic (exact) mass is 250 g/mol. The lowest BCUT2D eigenvalue weighted by molar-refractivity contribution is 0.106. The Balaban J connectivity index is 2.03. The second-order valence-electron chi connectivity index (χ2n) is 4.81. The smallest absolute Gasteiger partial charge is 0.122 e. The van der Waals surface area contributed by atoms with E-state index in [1.54, 1.807) is 7.11 Å². The predicted octanol–water partition coefficient (Wildman–Crippen LogP) is 1.94. The summed E-state index contributed by atoms with van der Waals surface area (Å²) >= 11 is 0. The predicted molar refractivity (Wildman–Crippen MR) is 71.4 cm³/mol. The van der Waals surface area contributed by atoms with E-state index >= 15 is 0 Å². The van der Waals surface area contributed by atoms with Crippen LogP contribution in [-0.4, -0.2) is 19.8 Å². The van der Waals surface area contributed by atoms with Crippen LogP contribution in [0.5, 0.6) is 5.75 Å². The maximum atomic E-state index is 5.66. The maximum Gasteiger partial charge on any atom is 0.122 e. The van der Waals surface area contributed by atoms with Crippen LogP contribution in [0.3, 0.4) is 0 Å². The average molecular weight is 250 g/mol. The highest BCUT2D eigenvalue weighted by Gasteiger charge is 2.16. The van der Waals surface area contributed by atoms with Crippen molar-refractivity contribution in [3.05, 3.63) is 29.3 Å². The summed E-state index contributed by atoms with van der Waals surface area (Å²) in [6, 6.07) is 6.51. The number of methoxy groups -OCH3 is 1. The molecule has 1 aliphatic rings. The van der Waals surface area contributed by atoms with Gasteiger partial charge in [-0.05, 0) is 37.0 Å². The van der Waals surface area contributed by atoms with Gasteiger partial charge in [-0.2, -0.15) is 0 Å². The van der Waals surface area contributed by atoms with E-state index in [0.29, 0.717) is 0 Å². The molecule has 0 amide bonds. The van der Waals surface area contributed by atoms with Gasteiger partial charge >= 0.3 is 0 Å². The van der Waals surface area contributed by atoms with Gasteiger partial charge in [0.1, 0.15) is 5.75 Å². The molecule has 0 saturated carbocycles. The van der Waals surface area contributed by atoms with Gasteiger partial charge in [-0.15, -0.1) is 0 Å². The topological polar surface area (TPSA) is 56.5 Å². The molecule has 4 nitrogen and oxygen atoms in total. The highest BCUT2D eigenvalue weighted by Crippen LogP contribution is 2.29. The third-order valence-corrected chi connectivity index (χ3v) is 3.58. The first-order valence-electron chi connectivity index (χ1n) is 6.49. The molecule has 0 aromatic heterocycles. The lowest BCUT2D eigenvalue weighted by Gasteiger charge is -2.19. The van der Waals surface area contributed by atoms with Crippen molar-refractivity contribution in [2.75, 3.05) is 13.7 Å². The minimum Gasteiger partial charge on any atom is -0.493 e. The molecule has 0 spiro atoms. The van der Waals surface area contributed by atoms with Crippen LogP contribution in [0.25, 0.3) is 0 Å². The van der Waals surface area contributed by atoms with Gasteiger partial charge in [0.15, 0.2) is 0 Å². The Hall–Kier alpha value is -1.10. The molecule has 0 radical (unpaired) electrons. The standard InChI is InChI=1S/C14H22N2O2/c1-10(17-2)3-5-13(16-15)11-4-6-14-12(9-11)7-8-18-14/h4,6,9-10,13,16H,3,5,7-8,15H2,1-2H3. The van der Waals surface area contributed by atoms with Crippen LogP contribution >= 0.6 is 0 Å². The molecule has 1 aromatic carbocycles. The van der Waals surface area contributed by atoms with Gasteiger partial charge in [-0.1, -0.05) is 12.1 Å². The number of benzene rings is 1. The molecule has 1 heterocycles. The van der Waals surface area contributed by atoms with Crippen LogP contribution in [-0.2, 0) is 11.2 Å². The number of rotatable bonds is 6. The van der Waals surface area contributed by atoms with Crippen molar-refractivity contribution in [3.63, 3.8) is 0 Å². The Kier molecular flexibility index (Phi) is 4.58. The number of nitrogens with one attached hydrogen (secondary N) is 1. The van der Waals surface area contributed by atoms with Crippen molar-refractivity contribution < 1.29 is 9.47 Å². The molecular formula is C14H22N2O2. The fraction of sp³-hybridized carbons (Fsp3) is 0.571. The van der Waals surface area contributed by atoms with E-state index in [2.05, 4.69) is 24.5 Å². The van der Waals surface area contributed by atoms with E-state index in [1.807, 2.05) is 6.07 Å². The van der Waals surface area contributed by atoms with E-state index in [0.717, 1.165) is 31.6 Å². The first kappa shape index (κ1) is 13.3. The van der Waals surface area contributed by atoms with Crippen LogP contribution in [0.15, 0.2) is 18.2 Å². The number of hydrogen-bond donors (Lipinski definition) is 2. The molecular weight excluding hydrogens is 228 g/mol. The normalized spacial score (nSPS) is 17.1. The zero-order valence-electron chi connectivity index (χ0n) is 11.1. The Morgan fingerprint density at radius 3 is 3.00 bits per heavy atom. The van der Waals surface area contributed by atoms with Gasteiger partial charge in [-0.3, -0.25) is 11.3 Å². The second kappa shape index (κ2) is 6.18. The fourth-order valence-electron chi connectivity index (χ4n) is 2.29. The molecule has 2 unspecified atom stereocenters. The van der Waals surface area contributed by atoms with Gasteiger partial charge in [0, 0.05) is 19.6 Å². The van der Waals surface area contributed by atoms with Crippen molar-refractivity contribution in [2.45, 2.75) is 38.3 Å². The summed E-state index contributed by atoms with van der Waals surface area (Å²) in [4.78, 5) is 0. The number of hydrogen-bond acceptors (Lipinski definition) is 4. The second-order valence-corrected chi connectivity index (χ2v) is 4.81. The molecule has 0 aliphatic carbocycles. The fourth-order valence-corrected chi connectivity index (χ4v) is 2.29. The molecule has 18 heavy (non-hydrogen) atoms. The lowest BCUT2D eigenvalue weighted by atomic mass is 9.98. The van der Waals surface area contributed by atoms with Gasteiger partial charge in [0.05, 0.1) is 12.7 Å². The molecule has 3 N–H and O–H groups in total. The van der Waals surface area contributed by atoms with Crippen molar-refractivity contribution in [2.24, 2.45) is 5.84 Å². The van der Waals surface area contributed by atoms with Crippen LogP contribution in [0.1, 0.15) is 36.9 Å². The van der Waals surface area contributed by atoms with Gasteiger partial charge in [0.25, 0.3) is 0 Å². The third kappa shape index (κ3) is 3.02. The summed E-state index contributed by atoms with van der Waals surface area (Å²) < 4.78 is 10.8. The summed E-state index contributed by atoms with van der Waals surface area (Å²) in [5.74, 6) is 6.67. The maximum absolute atomic E-state index is 5.66. The summed E-state index contributed by atoms with van der Waals surface area (Å²) in [6.45, 7) is 2.87. The zero-order chi connectivity index (χ0) is 13.0. The van der Waals surface area contributed by atoms with E-state index in [4.69, 9.17) is 15.3 Å². The Labute approximate surface area is 108 Å². The van der Waals surface area contributed by atoms with Gasteiger partial charge in [0.2, 0.25) is 0 Å². The Morgan fingerprint density at radius 2 is 2.28 bits per heavy atom. The average Bonchev–Trinajstić information content (AvgIpc) is 2.86. The van der Waals surface area contributed by atoms with Crippen LogP contribution in [0.2, 0.25) is 0 Å². The van der Waals surface area contributed by atoms with Crippen LogP contribution in [0, 0.1) is 0 Å². The number of fused-ring (bicyclic) bond motifs is 1. The molecule has 4 heteroatoms. The number of ether oxygens (including phenoxy) is 2. The van der Waals surface area contributed by atoms with E-state index in [-0.39, 0.29) is 12.1 Å². The van der Waals surface area contributed by atoms with E-state index in [9.17, 15) is 0 Å². The molecule has 0 saturated heterocycles. The molecule has 2 rings (SSSR count). The Bertz CT molecular complexity index is 395. The molecule has 2 atom stereocenters. The molecule has 1 aliphatic heterocycles. The summed E-state index contributed by atoms with van der Waals surface area (Å²) in [5, 5.41) is 0. The van der Waals surface area contributed by atoms with Crippen LogP contribution in [0.4, 0.5) is 0 Å². The quantitative estimate of drug-likeness (QED) is 0.598. The van der Waals surface area contributed by atoms with Crippen molar-refractivity contribution in [1.29, 1.82) is 0 Å². The van der Waals surface area contributed by atoms with Crippen molar-refractivity contribution in [1.82, 2.24) is 5.43 Å². The summed E-state index contributed by atoms with van der Waals surface area (Å²) in [6.07, 6.45) is 3.21. The Morgan fingerprint density at radius 1 is 1.44 bits per heavy atom. The minimum atomic E-state index is 0.175. The minimum absolute atomic E-state index is 0.175. The zero-order valence-corrected chi connectivity index (χ0v) is 11.1. The lowest BCUT2D eigenvalue weighted by Crippen LogP contribution is -2.28. The SMILES string of the molecule is COC(C)CCC(NN)c1ccc2c(c1)CCO2. The van der Waals surface area contributed by atoms with Gasteiger partial charge < -0.3 is 9.47 Å². The van der Waals surface area contributed by atoms with E-state index in [1.165, 1.54) is 11.1 Å². The van der Waals surface area contributed by atoms with Crippen molar-refractivity contribution in [3.8, 4) is 5.75 Å². The molecule has 1 aromatic rings. The molecule has 0 bridgehead atoms. The molecule has 0 fully saturated rings. The number of hydrazine groups is 1. The first-order valence-corrected chi connectivity index (χ1v) is 6.49. The van der Waals surface area contributed by atoms with Gasteiger partial charge in [-0.25, -0.2) is 0 Å². The third-order valence-electron chi connectivity index (χ3n) is 3.58. The molecule has 100 valence electrons. The van der Waals surface area contributed by atoms with Crippen LogP contribution < -0.4 is 16.0 Å². The summed E-state index contributed by atoms with van der Waals surface area (Å²) in [5.41, 5.74) is 5.40. The highest BCUT2D eigenvalue weighted by atomic mass is 16.5.